The number of fused-ring (bicyclic) bond motifs is 2. The third-order valence-corrected chi connectivity index (χ3v) is 9.04. The van der Waals surface area contributed by atoms with Gasteiger partial charge in [0.1, 0.15) is 30.5 Å². The van der Waals surface area contributed by atoms with Crippen LogP contribution >= 0.6 is 0 Å². The van der Waals surface area contributed by atoms with Crippen LogP contribution in [0.25, 0.3) is 0 Å². The molecule has 0 amide bonds. The Bertz CT molecular complexity index is 839. The maximum absolute atomic E-state index is 11.7. The molecule has 0 aromatic rings. The summed E-state index contributed by atoms with van der Waals surface area (Å²) >= 11 is 0. The first-order valence-corrected chi connectivity index (χ1v) is 12.8. The van der Waals surface area contributed by atoms with Gasteiger partial charge in [0.25, 0.3) is 0 Å². The molecule has 4 aliphatic rings. The highest BCUT2D eigenvalue weighted by Crippen LogP contribution is 2.55. The van der Waals surface area contributed by atoms with Gasteiger partial charge in [0.05, 0.1) is 18.8 Å². The molecule has 1 aliphatic heterocycles. The van der Waals surface area contributed by atoms with Gasteiger partial charge in [-0.1, -0.05) is 38.0 Å². The Hall–Kier alpha value is -0.880. The molecule has 7 N–H and O–H groups in total. The molecule has 9 heteroatoms. The zero-order valence-corrected chi connectivity index (χ0v) is 21.0. The van der Waals surface area contributed by atoms with Crippen LogP contribution in [0.1, 0.15) is 47.0 Å². The van der Waals surface area contributed by atoms with E-state index in [1.807, 2.05) is 27.7 Å². The third-order valence-electron chi connectivity index (χ3n) is 9.04. The SMILES string of the molecule is CC(C)C1=C2[C@@H](O[C@@H]3O[C@H](CO)[C@@H](O)[C@H](O)[C@@H]3O)[C@H](O)[C@H](C)[C@@H]3CC[C@H](CO)C3=C[C@@]2(C)[C@@H](O)C1. The van der Waals surface area contributed by atoms with Crippen molar-refractivity contribution in [3.63, 3.8) is 0 Å². The molecule has 35 heavy (non-hydrogen) atoms. The van der Waals surface area contributed by atoms with Crippen LogP contribution in [0.15, 0.2) is 22.8 Å². The molecule has 0 aromatic carbocycles. The van der Waals surface area contributed by atoms with E-state index in [9.17, 15) is 35.7 Å². The summed E-state index contributed by atoms with van der Waals surface area (Å²) in [6, 6.07) is 0. The molecule has 0 aromatic heterocycles. The van der Waals surface area contributed by atoms with Gasteiger partial charge in [-0.3, -0.25) is 0 Å². The predicted molar refractivity (Wildman–Crippen MR) is 126 cm³/mol. The van der Waals surface area contributed by atoms with Gasteiger partial charge in [-0.25, -0.2) is 0 Å². The Kier molecular flexibility index (Phi) is 7.85. The molecule has 0 radical (unpaired) electrons. The maximum atomic E-state index is 11.7. The van der Waals surface area contributed by atoms with E-state index in [2.05, 4.69) is 6.08 Å². The van der Waals surface area contributed by atoms with Crippen molar-refractivity contribution < 1.29 is 45.2 Å². The normalized spacial score (nSPS) is 48.5. The summed E-state index contributed by atoms with van der Waals surface area (Å²) in [6.07, 6.45) is -5.93. The van der Waals surface area contributed by atoms with Crippen LogP contribution in [-0.2, 0) is 9.47 Å². The first-order valence-electron chi connectivity index (χ1n) is 12.8. The fourth-order valence-electron chi connectivity index (χ4n) is 6.77. The van der Waals surface area contributed by atoms with Gasteiger partial charge in [0, 0.05) is 17.9 Å². The fourth-order valence-corrected chi connectivity index (χ4v) is 6.77. The van der Waals surface area contributed by atoms with E-state index in [4.69, 9.17) is 9.47 Å². The molecule has 12 atom stereocenters. The first kappa shape index (κ1) is 27.2. The monoisotopic (exact) mass is 498 g/mol. The Morgan fingerprint density at radius 1 is 1.00 bits per heavy atom. The van der Waals surface area contributed by atoms with E-state index < -0.39 is 61.0 Å². The molecule has 4 rings (SSSR count). The minimum absolute atomic E-state index is 0.00303. The second-order valence-electron chi connectivity index (χ2n) is 11.4. The lowest BCUT2D eigenvalue weighted by molar-refractivity contribution is -0.315. The van der Waals surface area contributed by atoms with Gasteiger partial charge in [0.2, 0.25) is 0 Å². The van der Waals surface area contributed by atoms with Crippen LogP contribution in [0.5, 0.6) is 0 Å². The van der Waals surface area contributed by atoms with Gasteiger partial charge in [-0.2, -0.15) is 0 Å². The molecule has 1 saturated carbocycles. The molecule has 200 valence electrons. The van der Waals surface area contributed by atoms with Crippen LogP contribution in [0.4, 0.5) is 0 Å². The average molecular weight is 499 g/mol. The van der Waals surface area contributed by atoms with E-state index in [0.29, 0.717) is 6.42 Å². The highest BCUT2D eigenvalue weighted by atomic mass is 16.7. The molecule has 1 heterocycles. The summed E-state index contributed by atoms with van der Waals surface area (Å²) in [7, 11) is 0. The lowest BCUT2D eigenvalue weighted by atomic mass is 9.68. The van der Waals surface area contributed by atoms with Crippen LogP contribution in [0.3, 0.4) is 0 Å². The lowest BCUT2D eigenvalue weighted by Crippen LogP contribution is -2.60. The summed E-state index contributed by atoms with van der Waals surface area (Å²) in [6.45, 7) is 7.33. The van der Waals surface area contributed by atoms with E-state index >= 15 is 0 Å². The van der Waals surface area contributed by atoms with E-state index in [0.717, 1.165) is 29.6 Å². The number of aliphatic hydroxyl groups is 7. The Labute approximate surface area is 206 Å². The van der Waals surface area contributed by atoms with Crippen molar-refractivity contribution in [1.82, 2.24) is 0 Å². The molecule has 9 nitrogen and oxygen atoms in total. The summed E-state index contributed by atoms with van der Waals surface area (Å²) in [5, 5.41) is 73.8. The molecule has 0 bridgehead atoms. The maximum Gasteiger partial charge on any atom is 0.187 e. The molecule has 0 unspecified atom stereocenters. The highest BCUT2D eigenvalue weighted by Gasteiger charge is 2.55. The smallest absolute Gasteiger partial charge is 0.187 e. The van der Waals surface area contributed by atoms with Crippen LogP contribution in [-0.4, -0.2) is 98.0 Å². The number of ether oxygens (including phenoxy) is 2. The second-order valence-corrected chi connectivity index (χ2v) is 11.4. The van der Waals surface area contributed by atoms with Gasteiger partial charge in [-0.05, 0) is 49.5 Å². The van der Waals surface area contributed by atoms with Crippen molar-refractivity contribution >= 4 is 0 Å². The van der Waals surface area contributed by atoms with E-state index in [1.165, 1.54) is 0 Å². The van der Waals surface area contributed by atoms with Gasteiger partial charge in [0.15, 0.2) is 6.29 Å². The van der Waals surface area contributed by atoms with Crippen molar-refractivity contribution in [3.8, 4) is 0 Å². The van der Waals surface area contributed by atoms with Crippen molar-refractivity contribution in [2.24, 2.45) is 29.1 Å². The molecule has 0 spiro atoms. The number of aliphatic hydroxyl groups excluding tert-OH is 7. The van der Waals surface area contributed by atoms with E-state index in [-0.39, 0.29) is 30.3 Å². The highest BCUT2D eigenvalue weighted by molar-refractivity contribution is 5.43. The topological polar surface area (TPSA) is 160 Å². The predicted octanol–water partition coefficient (Wildman–Crippen LogP) is -0.149. The van der Waals surface area contributed by atoms with Gasteiger partial charge < -0.3 is 45.2 Å². The number of rotatable bonds is 5. The van der Waals surface area contributed by atoms with Crippen molar-refractivity contribution in [2.75, 3.05) is 13.2 Å². The van der Waals surface area contributed by atoms with Crippen molar-refractivity contribution in [3.05, 3.63) is 22.8 Å². The van der Waals surface area contributed by atoms with E-state index in [1.54, 1.807) is 0 Å². The van der Waals surface area contributed by atoms with Crippen LogP contribution < -0.4 is 0 Å². The summed E-state index contributed by atoms with van der Waals surface area (Å²) in [5.41, 5.74) is 1.88. The molecule has 3 aliphatic carbocycles. The molecular weight excluding hydrogens is 456 g/mol. The quantitative estimate of drug-likeness (QED) is 0.256. The molecular formula is C26H42O9. The second kappa shape index (κ2) is 10.1. The fraction of sp³-hybridized carbons (Fsp3) is 0.846. The average Bonchev–Trinajstić information content (AvgIpc) is 3.33. The standard InChI is InChI=1S/C26H42O9/c1-11(2)15-7-18(29)26(4)8-16-13(9-27)5-6-14(16)12(3)20(30)24(19(15)26)35-25-23(33)22(32)21(31)17(10-28)34-25/h8,11-14,17-18,20-25,27-33H,5-7,9-10H2,1-4H3/t12-,13-,14+,17-,18+,20-,21-,22+,23+,24-,25+,26+/m1/s1. The van der Waals surface area contributed by atoms with Crippen LogP contribution in [0.2, 0.25) is 0 Å². The zero-order valence-electron chi connectivity index (χ0n) is 21.0. The zero-order chi connectivity index (χ0) is 25.8. The minimum atomic E-state index is -1.60. The Morgan fingerprint density at radius 3 is 2.29 bits per heavy atom. The Morgan fingerprint density at radius 2 is 1.69 bits per heavy atom. The van der Waals surface area contributed by atoms with Gasteiger partial charge in [-0.15, -0.1) is 0 Å². The van der Waals surface area contributed by atoms with Crippen molar-refractivity contribution in [1.29, 1.82) is 0 Å². The molecule has 2 fully saturated rings. The molecule has 1 saturated heterocycles. The van der Waals surface area contributed by atoms with Gasteiger partial charge >= 0.3 is 0 Å². The summed E-state index contributed by atoms with van der Waals surface area (Å²) in [5.74, 6) is -0.228. The Balaban J connectivity index is 1.81. The third kappa shape index (κ3) is 4.43. The summed E-state index contributed by atoms with van der Waals surface area (Å²) in [4.78, 5) is 0. The van der Waals surface area contributed by atoms with Crippen LogP contribution in [0, 0.1) is 29.1 Å². The van der Waals surface area contributed by atoms with Crippen molar-refractivity contribution in [2.45, 2.75) is 96.0 Å². The number of hydrogen-bond donors (Lipinski definition) is 7. The largest absolute Gasteiger partial charge is 0.396 e. The lowest BCUT2D eigenvalue weighted by Gasteiger charge is -2.46. The first-order chi connectivity index (χ1) is 16.5. The summed E-state index contributed by atoms with van der Waals surface area (Å²) < 4.78 is 11.9. The minimum Gasteiger partial charge on any atom is -0.396 e. The number of hydrogen-bond acceptors (Lipinski definition) is 9.